The van der Waals surface area contributed by atoms with E-state index in [1.54, 1.807) is 42.6 Å². The normalized spacial score (nSPS) is 15.4. The van der Waals surface area contributed by atoms with Gasteiger partial charge in [-0.05, 0) is 42.3 Å². The third-order valence-corrected chi connectivity index (χ3v) is 5.70. The van der Waals surface area contributed by atoms with E-state index in [-0.39, 0.29) is 18.2 Å². The highest BCUT2D eigenvalue weighted by atomic mass is 16.5. The predicted octanol–water partition coefficient (Wildman–Crippen LogP) is 4.22. The lowest BCUT2D eigenvalue weighted by Gasteiger charge is -2.17. The number of hydrogen-bond acceptors (Lipinski definition) is 5. The first-order valence-corrected chi connectivity index (χ1v) is 11.0. The molecule has 0 spiro atoms. The molecule has 2 aromatic carbocycles. The van der Waals surface area contributed by atoms with Crippen molar-refractivity contribution < 1.29 is 19.1 Å². The van der Waals surface area contributed by atoms with Crippen LogP contribution in [-0.2, 0) is 22.6 Å². The largest absolute Gasteiger partial charge is 0.493 e. The van der Waals surface area contributed by atoms with Gasteiger partial charge >= 0.3 is 0 Å². The lowest BCUT2D eigenvalue weighted by molar-refractivity contribution is -0.122. The van der Waals surface area contributed by atoms with Crippen molar-refractivity contribution in [1.29, 1.82) is 0 Å². The van der Waals surface area contributed by atoms with Crippen LogP contribution in [0.5, 0.6) is 11.5 Å². The highest BCUT2D eigenvalue weighted by Gasteiger charge is 2.35. The number of rotatable bonds is 8. The van der Waals surface area contributed by atoms with Gasteiger partial charge < -0.3 is 19.7 Å². The van der Waals surface area contributed by atoms with Crippen molar-refractivity contribution in [2.24, 2.45) is 5.92 Å². The van der Waals surface area contributed by atoms with Crippen LogP contribution in [0.2, 0.25) is 0 Å². The van der Waals surface area contributed by atoms with Crippen LogP contribution in [0.25, 0.3) is 0 Å². The van der Waals surface area contributed by atoms with Crippen molar-refractivity contribution in [3.8, 4) is 11.5 Å². The third kappa shape index (κ3) is 5.31. The van der Waals surface area contributed by atoms with Gasteiger partial charge in [-0.2, -0.15) is 0 Å². The molecular formula is C26H27N3O4. The molecular weight excluding hydrogens is 418 g/mol. The fourth-order valence-corrected chi connectivity index (χ4v) is 3.80. The summed E-state index contributed by atoms with van der Waals surface area (Å²) in [7, 11) is 1.57. The van der Waals surface area contributed by atoms with E-state index in [2.05, 4.69) is 17.2 Å². The number of amides is 2. The molecule has 33 heavy (non-hydrogen) atoms. The van der Waals surface area contributed by atoms with Crippen LogP contribution >= 0.6 is 0 Å². The Morgan fingerprint density at radius 1 is 1.12 bits per heavy atom. The highest BCUT2D eigenvalue weighted by Crippen LogP contribution is 2.32. The summed E-state index contributed by atoms with van der Waals surface area (Å²) in [5.41, 5.74) is 3.54. The summed E-state index contributed by atoms with van der Waals surface area (Å²) in [5.74, 6) is 0.410. The number of benzene rings is 2. The molecule has 0 saturated carbocycles. The number of nitrogens with one attached hydrogen (secondary N) is 1. The predicted molar refractivity (Wildman–Crippen MR) is 126 cm³/mol. The number of carbonyl (C=O) groups is 2. The molecule has 2 heterocycles. The molecule has 1 N–H and O–H groups in total. The Labute approximate surface area is 193 Å². The van der Waals surface area contributed by atoms with Gasteiger partial charge in [0.15, 0.2) is 11.5 Å². The van der Waals surface area contributed by atoms with E-state index in [0.717, 1.165) is 17.7 Å². The fraction of sp³-hybridized carbons (Fsp3) is 0.269. The summed E-state index contributed by atoms with van der Waals surface area (Å²) >= 11 is 0. The number of anilines is 2. The Balaban J connectivity index is 1.41. The molecule has 4 rings (SSSR count). The first-order valence-electron chi connectivity index (χ1n) is 11.0. The number of nitrogens with zero attached hydrogens (tertiary/aromatic N) is 2. The van der Waals surface area contributed by atoms with Crippen LogP contribution in [0, 0.1) is 5.92 Å². The zero-order valence-corrected chi connectivity index (χ0v) is 18.8. The van der Waals surface area contributed by atoms with Crippen LogP contribution in [0.3, 0.4) is 0 Å². The average molecular weight is 446 g/mol. The van der Waals surface area contributed by atoms with Gasteiger partial charge in [0.2, 0.25) is 11.8 Å². The van der Waals surface area contributed by atoms with E-state index in [9.17, 15) is 9.59 Å². The Bertz CT molecular complexity index is 1120. The van der Waals surface area contributed by atoms with Gasteiger partial charge in [-0.25, -0.2) is 0 Å². The molecule has 1 aromatic heterocycles. The quantitative estimate of drug-likeness (QED) is 0.561. The fourth-order valence-electron chi connectivity index (χ4n) is 3.80. The van der Waals surface area contributed by atoms with Gasteiger partial charge in [0, 0.05) is 48.4 Å². The van der Waals surface area contributed by atoms with Crippen LogP contribution in [0.4, 0.5) is 11.4 Å². The second kappa shape index (κ2) is 10.2. The van der Waals surface area contributed by atoms with E-state index in [4.69, 9.17) is 9.47 Å². The zero-order chi connectivity index (χ0) is 23.2. The standard InChI is InChI=1S/C26H27N3O4/c1-3-18-6-9-22(10-7-18)29-16-20(13-25(29)30)26(31)28-21-8-11-23(32-2)24(14-21)33-17-19-5-4-12-27-15-19/h4-12,14-15,20H,3,13,16-17H2,1-2H3,(H,28,31). The molecule has 0 radical (unpaired) electrons. The van der Waals surface area contributed by atoms with Crippen molar-refractivity contribution in [2.75, 3.05) is 23.9 Å². The maximum atomic E-state index is 12.9. The SMILES string of the molecule is CCc1ccc(N2CC(C(=O)Nc3ccc(OC)c(OCc4cccnc4)c3)CC2=O)cc1. The molecule has 1 saturated heterocycles. The van der Waals surface area contributed by atoms with E-state index in [0.29, 0.717) is 30.3 Å². The number of pyridine rings is 1. The molecule has 1 fully saturated rings. The Kier molecular flexibility index (Phi) is 6.88. The Hall–Kier alpha value is -3.87. The van der Waals surface area contributed by atoms with Crippen molar-refractivity contribution in [3.63, 3.8) is 0 Å². The smallest absolute Gasteiger partial charge is 0.229 e. The summed E-state index contributed by atoms with van der Waals surface area (Å²) in [4.78, 5) is 31.2. The number of aromatic nitrogens is 1. The van der Waals surface area contributed by atoms with Crippen molar-refractivity contribution in [3.05, 3.63) is 78.1 Å². The van der Waals surface area contributed by atoms with E-state index in [1.165, 1.54) is 5.56 Å². The summed E-state index contributed by atoms with van der Waals surface area (Å²) in [6, 6.07) is 16.9. The number of ether oxygens (including phenoxy) is 2. The van der Waals surface area contributed by atoms with Gasteiger partial charge in [-0.1, -0.05) is 25.1 Å². The molecule has 7 heteroatoms. The first kappa shape index (κ1) is 22.3. The van der Waals surface area contributed by atoms with Crippen LogP contribution < -0.4 is 19.7 Å². The van der Waals surface area contributed by atoms with E-state index >= 15 is 0 Å². The monoisotopic (exact) mass is 445 g/mol. The molecule has 1 aliphatic rings. The van der Waals surface area contributed by atoms with Crippen molar-refractivity contribution in [2.45, 2.75) is 26.4 Å². The maximum absolute atomic E-state index is 12.9. The van der Waals surface area contributed by atoms with E-state index < -0.39 is 5.92 Å². The Morgan fingerprint density at radius 3 is 2.64 bits per heavy atom. The van der Waals surface area contributed by atoms with Crippen molar-refractivity contribution >= 4 is 23.2 Å². The second-order valence-electron chi connectivity index (χ2n) is 7.93. The molecule has 2 amide bonds. The van der Waals surface area contributed by atoms with Crippen LogP contribution in [0.1, 0.15) is 24.5 Å². The minimum atomic E-state index is -0.426. The van der Waals surface area contributed by atoms with Gasteiger partial charge in [-0.15, -0.1) is 0 Å². The first-order chi connectivity index (χ1) is 16.1. The van der Waals surface area contributed by atoms with Gasteiger partial charge in [0.25, 0.3) is 0 Å². The molecule has 0 bridgehead atoms. The lowest BCUT2D eigenvalue weighted by atomic mass is 10.1. The number of methoxy groups -OCH3 is 1. The van der Waals surface area contributed by atoms with Crippen LogP contribution in [-0.4, -0.2) is 30.5 Å². The highest BCUT2D eigenvalue weighted by molar-refractivity contribution is 6.03. The van der Waals surface area contributed by atoms with E-state index in [1.807, 2.05) is 36.4 Å². The summed E-state index contributed by atoms with van der Waals surface area (Å²) < 4.78 is 11.3. The third-order valence-electron chi connectivity index (χ3n) is 5.70. The number of hydrogen-bond donors (Lipinski definition) is 1. The van der Waals surface area contributed by atoms with Gasteiger partial charge in [0.05, 0.1) is 13.0 Å². The number of carbonyl (C=O) groups excluding carboxylic acids is 2. The number of aryl methyl sites for hydroxylation is 1. The molecule has 1 atom stereocenters. The lowest BCUT2D eigenvalue weighted by Crippen LogP contribution is -2.28. The molecule has 3 aromatic rings. The molecule has 170 valence electrons. The maximum Gasteiger partial charge on any atom is 0.229 e. The topological polar surface area (TPSA) is 80.8 Å². The molecule has 0 aliphatic carbocycles. The van der Waals surface area contributed by atoms with Crippen molar-refractivity contribution in [1.82, 2.24) is 4.98 Å². The molecule has 7 nitrogen and oxygen atoms in total. The van der Waals surface area contributed by atoms with Crippen LogP contribution in [0.15, 0.2) is 67.0 Å². The Morgan fingerprint density at radius 2 is 1.94 bits per heavy atom. The minimum absolute atomic E-state index is 0.0466. The van der Waals surface area contributed by atoms with Gasteiger partial charge in [0.1, 0.15) is 6.61 Å². The summed E-state index contributed by atoms with van der Waals surface area (Å²) in [6.07, 6.45) is 4.56. The molecule has 1 aliphatic heterocycles. The zero-order valence-electron chi connectivity index (χ0n) is 18.8. The minimum Gasteiger partial charge on any atom is -0.493 e. The molecule has 1 unspecified atom stereocenters. The van der Waals surface area contributed by atoms with Gasteiger partial charge in [-0.3, -0.25) is 14.6 Å². The summed E-state index contributed by atoms with van der Waals surface area (Å²) in [6.45, 7) is 2.77. The second-order valence-corrected chi connectivity index (χ2v) is 7.93. The summed E-state index contributed by atoms with van der Waals surface area (Å²) in [5, 5.41) is 2.92. The average Bonchev–Trinajstić information content (AvgIpc) is 3.25.